The molecule has 0 saturated heterocycles. The number of nitrogens with zero attached hydrogens (tertiary/aromatic N) is 2. The largest absolute Gasteiger partial charge is 0.481 e. The van der Waals surface area contributed by atoms with E-state index in [2.05, 4.69) is 36.1 Å². The summed E-state index contributed by atoms with van der Waals surface area (Å²) in [5.74, 6) is -1.66. The number of rotatable bonds is 10. The Balaban J connectivity index is 1.60. The van der Waals surface area contributed by atoms with Crippen molar-refractivity contribution in [2.45, 2.75) is 46.3 Å². The molecule has 0 saturated carbocycles. The Morgan fingerprint density at radius 2 is 1.69 bits per heavy atom. The minimum Gasteiger partial charge on any atom is -0.481 e. The van der Waals surface area contributed by atoms with Gasteiger partial charge in [-0.3, -0.25) is 19.2 Å². The molecule has 2 aromatic carbocycles. The van der Waals surface area contributed by atoms with E-state index in [-0.39, 0.29) is 48.0 Å². The fraction of sp³-hybridized carbons (Fsp3) is 0.281. The molecular weight excluding hydrogens is 536 g/mol. The quantitative estimate of drug-likeness (QED) is 0.277. The molecule has 0 fully saturated rings. The summed E-state index contributed by atoms with van der Waals surface area (Å²) >= 11 is 0. The van der Waals surface area contributed by atoms with Crippen molar-refractivity contribution < 1.29 is 19.1 Å². The second kappa shape index (κ2) is 13.1. The first-order valence-electron chi connectivity index (χ1n) is 13.6. The summed E-state index contributed by atoms with van der Waals surface area (Å²) in [7, 11) is 0. The van der Waals surface area contributed by atoms with Gasteiger partial charge < -0.3 is 24.3 Å². The Kier molecular flexibility index (Phi) is 9.36. The third kappa shape index (κ3) is 7.60. The molecule has 4 aromatic rings. The predicted molar refractivity (Wildman–Crippen MR) is 159 cm³/mol. The molecule has 42 heavy (non-hydrogen) atoms. The molecule has 0 bridgehead atoms. The van der Waals surface area contributed by atoms with Crippen LogP contribution in [0.4, 0.5) is 0 Å². The van der Waals surface area contributed by atoms with E-state index in [0.29, 0.717) is 0 Å². The number of aromatic amines is 1. The van der Waals surface area contributed by atoms with Crippen LogP contribution in [-0.4, -0.2) is 39.6 Å². The number of amides is 1. The van der Waals surface area contributed by atoms with Gasteiger partial charge in [0.15, 0.2) is 5.69 Å². The highest BCUT2D eigenvalue weighted by Crippen LogP contribution is 2.25. The van der Waals surface area contributed by atoms with Gasteiger partial charge >= 0.3 is 5.97 Å². The van der Waals surface area contributed by atoms with E-state index in [4.69, 9.17) is 9.47 Å². The lowest BCUT2D eigenvalue weighted by atomic mass is 9.86. The Morgan fingerprint density at radius 3 is 2.33 bits per heavy atom. The topological polar surface area (TPSA) is 132 Å². The van der Waals surface area contributed by atoms with Gasteiger partial charge in [0.1, 0.15) is 19.0 Å². The van der Waals surface area contributed by atoms with Gasteiger partial charge in [-0.15, -0.1) is 0 Å². The zero-order valence-corrected chi connectivity index (χ0v) is 24.1. The minimum atomic E-state index is -0.792. The minimum absolute atomic E-state index is 0.0146. The van der Waals surface area contributed by atoms with Crippen LogP contribution in [0.5, 0.6) is 5.75 Å². The summed E-state index contributed by atoms with van der Waals surface area (Å²) in [6.45, 7) is 7.72. The van der Waals surface area contributed by atoms with E-state index in [1.165, 1.54) is 16.2 Å². The zero-order valence-electron chi connectivity index (χ0n) is 24.1. The summed E-state index contributed by atoms with van der Waals surface area (Å²) in [4.78, 5) is 57.8. The van der Waals surface area contributed by atoms with E-state index in [0.717, 1.165) is 16.7 Å². The van der Waals surface area contributed by atoms with E-state index < -0.39 is 24.0 Å². The van der Waals surface area contributed by atoms with Crippen molar-refractivity contribution in [2.75, 3.05) is 13.2 Å². The standard InChI is InChI=1S/C32H34N4O6/c1-5-41-27(38)18-33-30(39)28-29(42-20-21-9-7-6-8-10-21)31(40)35-25(34-28)19-36-16-15-23(17-26(36)37)22-11-13-24(14-12-22)32(2,3)4/h6-17H,5,18-20H2,1-4H3,(H,33,39)(H,34,35,40). The van der Waals surface area contributed by atoms with Crippen LogP contribution < -0.4 is 21.2 Å². The lowest BCUT2D eigenvalue weighted by Gasteiger charge is -2.19. The zero-order chi connectivity index (χ0) is 30.3. The van der Waals surface area contributed by atoms with Crippen LogP contribution in [0.1, 0.15) is 55.1 Å². The van der Waals surface area contributed by atoms with Crippen molar-refractivity contribution >= 4 is 11.9 Å². The molecule has 0 aliphatic rings. The maximum absolute atomic E-state index is 13.1. The van der Waals surface area contributed by atoms with Gasteiger partial charge in [0, 0.05) is 12.3 Å². The number of aromatic nitrogens is 3. The highest BCUT2D eigenvalue weighted by molar-refractivity contribution is 5.96. The number of hydrogen-bond donors (Lipinski definition) is 2. The number of hydrogen-bond acceptors (Lipinski definition) is 7. The van der Waals surface area contributed by atoms with Crippen molar-refractivity contribution in [3.05, 3.63) is 116 Å². The number of carbonyl (C=O) groups excluding carboxylic acids is 2. The number of pyridine rings is 1. The Hall–Kier alpha value is -4.99. The number of carbonyl (C=O) groups is 2. The molecule has 2 N–H and O–H groups in total. The van der Waals surface area contributed by atoms with Gasteiger partial charge in [-0.25, -0.2) is 4.98 Å². The Bertz CT molecular complexity index is 1670. The second-order valence-corrected chi connectivity index (χ2v) is 10.7. The van der Waals surface area contributed by atoms with Gasteiger partial charge in [0.25, 0.3) is 17.0 Å². The van der Waals surface area contributed by atoms with Crippen LogP contribution >= 0.6 is 0 Å². The van der Waals surface area contributed by atoms with Crippen molar-refractivity contribution in [3.63, 3.8) is 0 Å². The molecular formula is C32H34N4O6. The maximum atomic E-state index is 13.1. The molecule has 218 valence electrons. The molecule has 0 spiro atoms. The van der Waals surface area contributed by atoms with Gasteiger partial charge in [-0.1, -0.05) is 75.4 Å². The summed E-state index contributed by atoms with van der Waals surface area (Å²) in [6.07, 6.45) is 1.61. The van der Waals surface area contributed by atoms with Crippen molar-refractivity contribution in [1.29, 1.82) is 0 Å². The number of benzene rings is 2. The molecule has 10 heteroatoms. The predicted octanol–water partition coefficient (Wildman–Crippen LogP) is 3.82. The van der Waals surface area contributed by atoms with Crippen molar-refractivity contribution in [1.82, 2.24) is 19.9 Å². The van der Waals surface area contributed by atoms with Crippen LogP contribution in [0.25, 0.3) is 11.1 Å². The van der Waals surface area contributed by atoms with Crippen molar-refractivity contribution in [2.24, 2.45) is 0 Å². The number of nitrogens with one attached hydrogen (secondary N) is 2. The molecule has 0 aliphatic carbocycles. The molecule has 2 aromatic heterocycles. The van der Waals surface area contributed by atoms with E-state index in [9.17, 15) is 19.2 Å². The first-order valence-corrected chi connectivity index (χ1v) is 13.6. The first kappa shape index (κ1) is 30.0. The normalized spacial score (nSPS) is 11.1. The van der Waals surface area contributed by atoms with Crippen LogP contribution in [0.3, 0.4) is 0 Å². The van der Waals surface area contributed by atoms with E-state index >= 15 is 0 Å². The van der Waals surface area contributed by atoms with Crippen LogP contribution in [0.15, 0.2) is 82.5 Å². The van der Waals surface area contributed by atoms with Crippen LogP contribution in [0.2, 0.25) is 0 Å². The average molecular weight is 571 g/mol. The third-order valence-corrected chi connectivity index (χ3v) is 6.47. The summed E-state index contributed by atoms with van der Waals surface area (Å²) in [5.41, 5.74) is 2.32. The SMILES string of the molecule is CCOC(=O)CNC(=O)c1nc(Cn2ccc(-c3ccc(C(C)(C)C)cc3)cc2=O)[nH]c(=O)c1OCc1ccccc1. The maximum Gasteiger partial charge on any atom is 0.325 e. The third-order valence-electron chi connectivity index (χ3n) is 6.47. The lowest BCUT2D eigenvalue weighted by Crippen LogP contribution is -2.33. The second-order valence-electron chi connectivity index (χ2n) is 10.7. The molecule has 10 nitrogen and oxygen atoms in total. The monoisotopic (exact) mass is 570 g/mol. The molecule has 0 unspecified atom stereocenters. The van der Waals surface area contributed by atoms with Crippen LogP contribution in [0, 0.1) is 0 Å². The molecule has 0 atom stereocenters. The summed E-state index contributed by atoms with van der Waals surface area (Å²) < 4.78 is 11.9. The molecule has 4 rings (SSSR count). The highest BCUT2D eigenvalue weighted by Gasteiger charge is 2.21. The number of H-pyrrole nitrogens is 1. The molecule has 0 aliphatic heterocycles. The fourth-order valence-corrected chi connectivity index (χ4v) is 4.19. The van der Waals surface area contributed by atoms with Gasteiger partial charge in [-0.2, -0.15) is 0 Å². The smallest absolute Gasteiger partial charge is 0.325 e. The summed E-state index contributed by atoms with van der Waals surface area (Å²) in [6, 6.07) is 20.5. The van der Waals surface area contributed by atoms with Crippen molar-refractivity contribution in [3.8, 4) is 16.9 Å². The van der Waals surface area contributed by atoms with Gasteiger partial charge in [-0.05, 0) is 40.7 Å². The number of esters is 1. The molecule has 0 radical (unpaired) electrons. The molecule has 1 amide bonds. The Morgan fingerprint density at radius 1 is 0.976 bits per heavy atom. The average Bonchev–Trinajstić information content (AvgIpc) is 2.96. The van der Waals surface area contributed by atoms with E-state index in [1.54, 1.807) is 19.2 Å². The molecule has 2 heterocycles. The Labute approximate surface area is 243 Å². The number of ether oxygens (including phenoxy) is 2. The highest BCUT2D eigenvalue weighted by atomic mass is 16.5. The lowest BCUT2D eigenvalue weighted by molar-refractivity contribution is -0.141. The van der Waals surface area contributed by atoms with Gasteiger partial charge in [0.2, 0.25) is 5.75 Å². The summed E-state index contributed by atoms with van der Waals surface area (Å²) in [5, 5.41) is 2.41. The van der Waals surface area contributed by atoms with Crippen LogP contribution in [-0.2, 0) is 28.1 Å². The first-order chi connectivity index (χ1) is 20.0. The fourth-order valence-electron chi connectivity index (χ4n) is 4.19. The van der Waals surface area contributed by atoms with Gasteiger partial charge in [0.05, 0.1) is 13.2 Å². The van der Waals surface area contributed by atoms with E-state index in [1.807, 2.05) is 54.6 Å².